The van der Waals surface area contributed by atoms with E-state index in [0.29, 0.717) is 6.61 Å². The highest BCUT2D eigenvalue weighted by Gasteiger charge is 2.17. The van der Waals surface area contributed by atoms with Crippen LogP contribution in [-0.2, 0) is 9.47 Å². The summed E-state index contributed by atoms with van der Waals surface area (Å²) in [6.07, 6.45) is -0.458. The Bertz CT molecular complexity index is 779. The molecule has 2 aromatic carbocycles. The maximum Gasteiger partial charge on any atom is 0.412 e. The smallest absolute Gasteiger partial charge is 0.412 e. The van der Waals surface area contributed by atoms with Crippen LogP contribution in [0.5, 0.6) is 5.75 Å². The lowest BCUT2D eigenvalue weighted by Gasteiger charge is -2.26. The van der Waals surface area contributed by atoms with Crippen LogP contribution < -0.4 is 10.1 Å². The maximum atomic E-state index is 12.1. The zero-order valence-corrected chi connectivity index (χ0v) is 16.3. The lowest BCUT2D eigenvalue weighted by Crippen LogP contribution is -2.38. The molecule has 0 atom stereocenters. The predicted octanol–water partition coefficient (Wildman–Crippen LogP) is 3.90. The molecule has 0 radical (unpaired) electrons. The monoisotopic (exact) mass is 372 g/mol. The number of anilines is 1. The Labute approximate surface area is 160 Å². The maximum absolute atomic E-state index is 12.1. The van der Waals surface area contributed by atoms with Crippen molar-refractivity contribution in [1.82, 2.24) is 4.90 Å². The zero-order chi connectivity index (χ0) is 19.3. The van der Waals surface area contributed by atoms with E-state index in [9.17, 15) is 4.79 Å². The van der Waals surface area contributed by atoms with Crippen LogP contribution in [0.4, 0.5) is 10.5 Å². The first-order chi connectivity index (χ1) is 12.9. The molecule has 0 aliphatic carbocycles. The van der Waals surface area contributed by atoms with Gasteiger partial charge in [0.25, 0.3) is 0 Å². The largest absolute Gasteiger partial charge is 0.492 e. The summed E-state index contributed by atoms with van der Waals surface area (Å²) >= 11 is 0. The molecule has 0 bridgehead atoms. The van der Waals surface area contributed by atoms with Gasteiger partial charge in [0, 0.05) is 25.0 Å². The second-order valence-electron chi connectivity index (χ2n) is 7.62. The van der Waals surface area contributed by atoms with Gasteiger partial charge >= 0.3 is 6.09 Å². The Hall–Kier alpha value is -2.31. The van der Waals surface area contributed by atoms with Crippen LogP contribution in [0.3, 0.4) is 0 Å². The number of fused-ring (bicyclic) bond motifs is 1. The summed E-state index contributed by atoms with van der Waals surface area (Å²) in [5, 5.41) is 4.78. The van der Waals surface area contributed by atoms with Gasteiger partial charge in [-0.3, -0.25) is 10.2 Å². The first-order valence-electron chi connectivity index (χ1n) is 9.36. The third-order valence-corrected chi connectivity index (χ3v) is 4.27. The summed E-state index contributed by atoms with van der Waals surface area (Å²) in [6, 6.07) is 11.7. The molecule has 2 aromatic rings. The van der Waals surface area contributed by atoms with Crippen molar-refractivity contribution in [3.05, 3.63) is 36.4 Å². The predicted molar refractivity (Wildman–Crippen MR) is 107 cm³/mol. The van der Waals surface area contributed by atoms with E-state index >= 15 is 0 Å². The molecule has 6 nitrogen and oxygen atoms in total. The van der Waals surface area contributed by atoms with Gasteiger partial charge in [0.2, 0.25) is 0 Å². The lowest BCUT2D eigenvalue weighted by atomic mass is 10.1. The first-order valence-corrected chi connectivity index (χ1v) is 9.36. The van der Waals surface area contributed by atoms with E-state index < -0.39 is 11.7 Å². The molecule has 146 valence electrons. The minimum Gasteiger partial charge on any atom is -0.492 e. The molecule has 1 N–H and O–H groups in total. The van der Waals surface area contributed by atoms with Gasteiger partial charge in [0.1, 0.15) is 18.0 Å². The third kappa shape index (κ3) is 5.84. The highest BCUT2D eigenvalue weighted by molar-refractivity contribution is 6.00. The molecule has 6 heteroatoms. The molecule has 3 rings (SSSR count). The van der Waals surface area contributed by atoms with Crippen LogP contribution in [0, 0.1) is 0 Å². The zero-order valence-electron chi connectivity index (χ0n) is 16.3. The summed E-state index contributed by atoms with van der Waals surface area (Å²) in [4.78, 5) is 14.4. The fraction of sp³-hybridized carbons (Fsp3) is 0.476. The van der Waals surface area contributed by atoms with E-state index in [2.05, 4.69) is 10.2 Å². The highest BCUT2D eigenvalue weighted by atomic mass is 16.6. The average Bonchev–Trinajstić information content (AvgIpc) is 2.61. The van der Waals surface area contributed by atoms with Crippen LogP contribution in [0.2, 0.25) is 0 Å². The fourth-order valence-corrected chi connectivity index (χ4v) is 2.99. The van der Waals surface area contributed by atoms with Crippen molar-refractivity contribution in [1.29, 1.82) is 0 Å². The number of nitrogens with zero attached hydrogens (tertiary/aromatic N) is 1. The second-order valence-corrected chi connectivity index (χ2v) is 7.62. The van der Waals surface area contributed by atoms with Gasteiger partial charge in [-0.15, -0.1) is 0 Å². The van der Waals surface area contributed by atoms with Crippen LogP contribution in [0.1, 0.15) is 20.8 Å². The van der Waals surface area contributed by atoms with E-state index in [1.165, 1.54) is 0 Å². The fourth-order valence-electron chi connectivity index (χ4n) is 2.99. The van der Waals surface area contributed by atoms with E-state index in [0.717, 1.165) is 55.1 Å². The van der Waals surface area contributed by atoms with Gasteiger partial charge in [-0.25, -0.2) is 4.79 Å². The highest BCUT2D eigenvalue weighted by Crippen LogP contribution is 2.27. The second kappa shape index (κ2) is 8.59. The molecule has 0 aromatic heterocycles. The van der Waals surface area contributed by atoms with Crippen LogP contribution in [0.25, 0.3) is 10.8 Å². The Morgan fingerprint density at radius 2 is 1.96 bits per heavy atom. The number of rotatable bonds is 5. The molecular weight excluding hydrogens is 344 g/mol. The van der Waals surface area contributed by atoms with Gasteiger partial charge in [0.15, 0.2) is 0 Å². The molecule has 1 aliphatic rings. The summed E-state index contributed by atoms with van der Waals surface area (Å²) in [5.41, 5.74) is 0.192. The van der Waals surface area contributed by atoms with Gasteiger partial charge in [-0.2, -0.15) is 0 Å². The molecule has 27 heavy (non-hydrogen) atoms. The van der Waals surface area contributed by atoms with Crippen LogP contribution in [0.15, 0.2) is 36.4 Å². The Kier molecular flexibility index (Phi) is 6.19. The molecule has 0 saturated carbocycles. The third-order valence-electron chi connectivity index (χ3n) is 4.27. The Morgan fingerprint density at radius 1 is 1.19 bits per heavy atom. The van der Waals surface area contributed by atoms with E-state index in [1.54, 1.807) is 0 Å². The number of morpholine rings is 1. The minimum absolute atomic E-state index is 0.458. The standard InChI is InChI=1S/C21H28N2O4/c1-21(2,3)27-20(24)22-19-6-4-5-16-15-17(7-8-18(16)19)26-14-11-23-9-12-25-13-10-23/h4-8,15H,9-14H2,1-3H3,(H,22,24). The quantitative estimate of drug-likeness (QED) is 0.863. The van der Waals surface area contributed by atoms with Crippen molar-refractivity contribution in [3.63, 3.8) is 0 Å². The Balaban J connectivity index is 1.62. The van der Waals surface area contributed by atoms with Crippen molar-refractivity contribution in [2.75, 3.05) is 44.8 Å². The number of nitrogens with one attached hydrogen (secondary N) is 1. The topological polar surface area (TPSA) is 60.0 Å². The molecule has 0 spiro atoms. The first kappa shape index (κ1) is 19.5. The van der Waals surface area contributed by atoms with Crippen molar-refractivity contribution in [2.45, 2.75) is 26.4 Å². The molecule has 0 unspecified atom stereocenters. The molecule has 1 fully saturated rings. The van der Waals surface area contributed by atoms with E-state index in [1.807, 2.05) is 57.2 Å². The van der Waals surface area contributed by atoms with Crippen molar-refractivity contribution in [2.24, 2.45) is 0 Å². The summed E-state index contributed by atoms with van der Waals surface area (Å²) in [6.45, 7) is 10.6. The number of carbonyl (C=O) groups is 1. The number of benzene rings is 2. The van der Waals surface area contributed by atoms with E-state index in [4.69, 9.17) is 14.2 Å². The van der Waals surface area contributed by atoms with Gasteiger partial charge in [0.05, 0.1) is 18.9 Å². The van der Waals surface area contributed by atoms with Crippen molar-refractivity contribution < 1.29 is 19.0 Å². The summed E-state index contributed by atoms with van der Waals surface area (Å²) in [5.74, 6) is 0.824. The number of hydrogen-bond donors (Lipinski definition) is 1. The van der Waals surface area contributed by atoms with Gasteiger partial charge in [-0.1, -0.05) is 12.1 Å². The van der Waals surface area contributed by atoms with Crippen LogP contribution in [-0.4, -0.2) is 56.0 Å². The van der Waals surface area contributed by atoms with Crippen LogP contribution >= 0.6 is 0 Å². The molecule has 1 saturated heterocycles. The number of hydrogen-bond acceptors (Lipinski definition) is 5. The van der Waals surface area contributed by atoms with Crippen molar-refractivity contribution in [3.8, 4) is 5.75 Å². The lowest BCUT2D eigenvalue weighted by molar-refractivity contribution is 0.0322. The van der Waals surface area contributed by atoms with Crippen molar-refractivity contribution >= 4 is 22.6 Å². The summed E-state index contributed by atoms with van der Waals surface area (Å²) in [7, 11) is 0. The number of ether oxygens (including phenoxy) is 3. The SMILES string of the molecule is CC(C)(C)OC(=O)Nc1cccc2cc(OCCN3CCOCC3)ccc12. The number of carbonyl (C=O) groups excluding carboxylic acids is 1. The summed E-state index contributed by atoms with van der Waals surface area (Å²) < 4.78 is 16.6. The van der Waals surface area contributed by atoms with Gasteiger partial charge < -0.3 is 14.2 Å². The molecule has 1 amide bonds. The Morgan fingerprint density at radius 3 is 2.70 bits per heavy atom. The molecular formula is C21H28N2O4. The minimum atomic E-state index is -0.532. The molecule has 1 aliphatic heterocycles. The van der Waals surface area contributed by atoms with Gasteiger partial charge in [-0.05, 0) is 50.4 Å². The van der Waals surface area contributed by atoms with E-state index in [-0.39, 0.29) is 0 Å². The molecule has 1 heterocycles. The number of amides is 1. The normalized spacial score (nSPS) is 15.5. The average molecular weight is 372 g/mol.